The highest BCUT2D eigenvalue weighted by atomic mass is 16.5. The summed E-state index contributed by atoms with van der Waals surface area (Å²) < 4.78 is 6.76. The van der Waals surface area contributed by atoms with Gasteiger partial charge in [0.2, 0.25) is 0 Å². The lowest BCUT2D eigenvalue weighted by molar-refractivity contribution is 0.0955. The van der Waals surface area contributed by atoms with E-state index in [0.717, 1.165) is 22.7 Å². The van der Waals surface area contributed by atoms with Crippen molar-refractivity contribution in [2.75, 3.05) is 26.1 Å². The van der Waals surface area contributed by atoms with Crippen LogP contribution >= 0.6 is 0 Å². The lowest BCUT2D eigenvalue weighted by atomic mass is 10.2. The van der Waals surface area contributed by atoms with Gasteiger partial charge in [0.15, 0.2) is 0 Å². The molecule has 0 aliphatic carbocycles. The third-order valence-electron chi connectivity index (χ3n) is 3.97. The number of anilines is 1. The zero-order chi connectivity index (χ0) is 19.2. The maximum Gasteiger partial charge on any atom is 0.274 e. The zero-order valence-corrected chi connectivity index (χ0v) is 15.5. The summed E-state index contributed by atoms with van der Waals surface area (Å²) in [6, 6.07) is 15.3. The second kappa shape index (κ2) is 8.18. The van der Waals surface area contributed by atoms with E-state index in [1.165, 1.54) is 6.20 Å². The Labute approximate surface area is 157 Å². The summed E-state index contributed by atoms with van der Waals surface area (Å²) in [5.74, 6) is 0.438. The molecule has 1 aromatic heterocycles. The number of rotatable bonds is 6. The van der Waals surface area contributed by atoms with E-state index in [1.807, 2.05) is 67.5 Å². The standard InChI is InChI=1S/C20H21N5O2/c1-24(2)17-6-4-15(5-7-17)12-21-23-20(26)16-13-22-25(14-16)18-8-10-19(27-3)11-9-18/h4-14H,1-3H3,(H,23,26)/b21-12-. The number of hydrazone groups is 1. The van der Waals surface area contributed by atoms with Crippen LogP contribution in [0.2, 0.25) is 0 Å². The van der Waals surface area contributed by atoms with Gasteiger partial charge in [-0.1, -0.05) is 12.1 Å². The van der Waals surface area contributed by atoms with Crippen LogP contribution in [0.5, 0.6) is 5.75 Å². The van der Waals surface area contributed by atoms with Gasteiger partial charge in [-0.3, -0.25) is 4.79 Å². The molecule has 2 aromatic carbocycles. The van der Waals surface area contributed by atoms with Crippen molar-refractivity contribution in [3.63, 3.8) is 0 Å². The molecule has 27 heavy (non-hydrogen) atoms. The molecule has 0 saturated carbocycles. The molecule has 3 aromatic rings. The molecule has 0 unspecified atom stereocenters. The number of hydrogen-bond donors (Lipinski definition) is 1. The van der Waals surface area contributed by atoms with Gasteiger partial charge in [-0.05, 0) is 42.0 Å². The van der Waals surface area contributed by atoms with Crippen LogP contribution in [-0.4, -0.2) is 43.1 Å². The summed E-state index contributed by atoms with van der Waals surface area (Å²) in [6.45, 7) is 0. The van der Waals surface area contributed by atoms with E-state index in [-0.39, 0.29) is 5.91 Å². The first-order chi connectivity index (χ1) is 13.1. The monoisotopic (exact) mass is 363 g/mol. The normalized spacial score (nSPS) is 10.8. The molecular formula is C20H21N5O2. The Bertz CT molecular complexity index is 928. The van der Waals surface area contributed by atoms with E-state index >= 15 is 0 Å². The average molecular weight is 363 g/mol. The highest BCUT2D eigenvalue weighted by Crippen LogP contribution is 2.15. The number of methoxy groups -OCH3 is 1. The third kappa shape index (κ3) is 4.52. The second-order valence-electron chi connectivity index (χ2n) is 6.06. The molecule has 0 atom stereocenters. The van der Waals surface area contributed by atoms with Crippen LogP contribution in [0.1, 0.15) is 15.9 Å². The van der Waals surface area contributed by atoms with Crippen molar-refractivity contribution < 1.29 is 9.53 Å². The number of carbonyl (C=O) groups is 1. The number of amides is 1. The summed E-state index contributed by atoms with van der Waals surface area (Å²) in [4.78, 5) is 14.2. The molecule has 1 amide bonds. The van der Waals surface area contributed by atoms with Crippen LogP contribution in [-0.2, 0) is 0 Å². The van der Waals surface area contributed by atoms with Crippen LogP contribution in [0.15, 0.2) is 66.0 Å². The van der Waals surface area contributed by atoms with Crippen LogP contribution in [0.4, 0.5) is 5.69 Å². The fourth-order valence-electron chi connectivity index (χ4n) is 2.40. The number of nitrogens with zero attached hydrogens (tertiary/aromatic N) is 4. The second-order valence-corrected chi connectivity index (χ2v) is 6.06. The summed E-state index contributed by atoms with van der Waals surface area (Å²) in [5.41, 5.74) is 5.77. The van der Waals surface area contributed by atoms with Crippen molar-refractivity contribution in [1.82, 2.24) is 15.2 Å². The minimum absolute atomic E-state index is 0.323. The van der Waals surface area contributed by atoms with Gasteiger partial charge in [0.1, 0.15) is 5.75 Å². The largest absolute Gasteiger partial charge is 0.497 e. The molecule has 7 heteroatoms. The van der Waals surface area contributed by atoms with Crippen molar-refractivity contribution in [2.45, 2.75) is 0 Å². The van der Waals surface area contributed by atoms with E-state index in [4.69, 9.17) is 4.74 Å². The van der Waals surface area contributed by atoms with Crippen molar-refractivity contribution in [3.05, 3.63) is 72.1 Å². The Morgan fingerprint density at radius 2 is 1.85 bits per heavy atom. The van der Waals surface area contributed by atoms with Crippen molar-refractivity contribution in [2.24, 2.45) is 5.10 Å². The summed E-state index contributed by atoms with van der Waals surface area (Å²) in [6.07, 6.45) is 4.75. The smallest absolute Gasteiger partial charge is 0.274 e. The molecule has 1 N–H and O–H groups in total. The topological polar surface area (TPSA) is 71.8 Å². The Morgan fingerprint density at radius 3 is 2.48 bits per heavy atom. The zero-order valence-electron chi connectivity index (χ0n) is 15.5. The molecule has 0 radical (unpaired) electrons. The number of carbonyl (C=O) groups excluding carboxylic acids is 1. The Balaban J connectivity index is 1.62. The minimum Gasteiger partial charge on any atom is -0.497 e. The Hall–Kier alpha value is -3.61. The van der Waals surface area contributed by atoms with Gasteiger partial charge >= 0.3 is 0 Å². The quantitative estimate of drug-likeness (QED) is 0.540. The third-order valence-corrected chi connectivity index (χ3v) is 3.97. The predicted molar refractivity (Wildman–Crippen MR) is 106 cm³/mol. The van der Waals surface area contributed by atoms with Crippen LogP contribution in [0, 0.1) is 0 Å². The number of aromatic nitrogens is 2. The van der Waals surface area contributed by atoms with Gasteiger partial charge in [-0.2, -0.15) is 10.2 Å². The predicted octanol–water partition coefficient (Wildman–Crippen LogP) is 2.71. The first-order valence-electron chi connectivity index (χ1n) is 8.37. The fourth-order valence-corrected chi connectivity index (χ4v) is 2.40. The Morgan fingerprint density at radius 1 is 1.15 bits per heavy atom. The summed E-state index contributed by atoms with van der Waals surface area (Å²) in [7, 11) is 5.58. The molecule has 0 aliphatic rings. The first-order valence-corrected chi connectivity index (χ1v) is 8.37. The van der Waals surface area contributed by atoms with E-state index in [9.17, 15) is 4.79 Å². The van der Waals surface area contributed by atoms with E-state index in [1.54, 1.807) is 24.2 Å². The van der Waals surface area contributed by atoms with E-state index in [2.05, 4.69) is 15.6 Å². The summed E-state index contributed by atoms with van der Waals surface area (Å²) in [5, 5.41) is 8.22. The van der Waals surface area contributed by atoms with Crippen LogP contribution < -0.4 is 15.1 Å². The fraction of sp³-hybridized carbons (Fsp3) is 0.150. The van der Waals surface area contributed by atoms with Gasteiger partial charge < -0.3 is 9.64 Å². The van der Waals surface area contributed by atoms with Crippen LogP contribution in [0.3, 0.4) is 0 Å². The highest BCUT2D eigenvalue weighted by molar-refractivity contribution is 5.94. The number of benzene rings is 2. The maximum absolute atomic E-state index is 12.2. The average Bonchev–Trinajstić information content (AvgIpc) is 3.19. The molecule has 138 valence electrons. The maximum atomic E-state index is 12.2. The van der Waals surface area contributed by atoms with Gasteiger partial charge in [-0.15, -0.1) is 0 Å². The van der Waals surface area contributed by atoms with Crippen molar-refractivity contribution >= 4 is 17.8 Å². The molecule has 7 nitrogen and oxygen atoms in total. The molecule has 0 aliphatic heterocycles. The van der Waals surface area contributed by atoms with Crippen LogP contribution in [0.25, 0.3) is 5.69 Å². The van der Waals surface area contributed by atoms with Crippen molar-refractivity contribution in [3.8, 4) is 11.4 Å². The molecular weight excluding hydrogens is 342 g/mol. The van der Waals surface area contributed by atoms with Gasteiger partial charge in [0, 0.05) is 26.0 Å². The van der Waals surface area contributed by atoms with Gasteiger partial charge in [-0.25, -0.2) is 10.1 Å². The molecule has 3 rings (SSSR count). The SMILES string of the molecule is COc1ccc(-n2cc(C(=O)N/N=C\c3ccc(N(C)C)cc3)cn2)cc1. The Kier molecular flexibility index (Phi) is 5.51. The molecule has 1 heterocycles. The lowest BCUT2D eigenvalue weighted by Crippen LogP contribution is -2.17. The van der Waals surface area contributed by atoms with Gasteiger partial charge in [0.05, 0.1) is 30.8 Å². The first kappa shape index (κ1) is 18.2. The number of hydrogen-bond acceptors (Lipinski definition) is 5. The molecule has 0 fully saturated rings. The van der Waals surface area contributed by atoms with Gasteiger partial charge in [0.25, 0.3) is 5.91 Å². The lowest BCUT2D eigenvalue weighted by Gasteiger charge is -2.11. The minimum atomic E-state index is -0.323. The number of nitrogens with one attached hydrogen (secondary N) is 1. The number of ether oxygens (including phenoxy) is 1. The molecule has 0 bridgehead atoms. The molecule has 0 saturated heterocycles. The highest BCUT2D eigenvalue weighted by Gasteiger charge is 2.08. The van der Waals surface area contributed by atoms with E-state index < -0.39 is 0 Å². The molecule has 0 spiro atoms. The van der Waals surface area contributed by atoms with Crippen molar-refractivity contribution in [1.29, 1.82) is 0 Å². The summed E-state index contributed by atoms with van der Waals surface area (Å²) >= 11 is 0. The van der Waals surface area contributed by atoms with E-state index in [0.29, 0.717) is 5.56 Å².